The van der Waals surface area contributed by atoms with Gasteiger partial charge in [-0.25, -0.2) is 12.8 Å². The minimum absolute atomic E-state index is 0.00445. The Morgan fingerprint density at radius 3 is 2.20 bits per heavy atom. The number of nitrogens with one attached hydrogen (secondary N) is 1. The molecule has 236 valence electrons. The lowest BCUT2D eigenvalue weighted by Gasteiger charge is -2.34. The number of amides is 2. The average Bonchev–Trinajstić information content (AvgIpc) is 3.02. The van der Waals surface area contributed by atoms with Gasteiger partial charge in [0.1, 0.15) is 11.9 Å². The van der Waals surface area contributed by atoms with Crippen molar-refractivity contribution in [3.63, 3.8) is 0 Å². The lowest BCUT2D eigenvalue weighted by molar-refractivity contribution is -0.141. The maximum absolute atomic E-state index is 14.9. The van der Waals surface area contributed by atoms with Crippen LogP contribution in [0.25, 0.3) is 0 Å². The molecule has 0 radical (unpaired) electrons. The number of halogens is 1. The summed E-state index contributed by atoms with van der Waals surface area (Å²) in [4.78, 5) is 29.4. The van der Waals surface area contributed by atoms with Crippen molar-refractivity contribution in [2.75, 3.05) is 17.1 Å². The number of anilines is 1. The Balaban J connectivity index is 1.58. The quantitative estimate of drug-likeness (QED) is 0.239. The van der Waals surface area contributed by atoms with E-state index in [2.05, 4.69) is 5.32 Å². The molecule has 3 aromatic rings. The van der Waals surface area contributed by atoms with E-state index >= 15 is 0 Å². The summed E-state index contributed by atoms with van der Waals surface area (Å²) in [6.45, 7) is 2.05. The van der Waals surface area contributed by atoms with Gasteiger partial charge in [0.25, 0.3) is 0 Å². The maximum atomic E-state index is 14.9. The van der Waals surface area contributed by atoms with Gasteiger partial charge in [0.05, 0.1) is 11.9 Å². The summed E-state index contributed by atoms with van der Waals surface area (Å²) < 4.78 is 41.6. The molecule has 0 aromatic heterocycles. The molecule has 4 rings (SSSR count). The third-order valence-corrected chi connectivity index (χ3v) is 9.50. The zero-order valence-corrected chi connectivity index (χ0v) is 26.6. The summed E-state index contributed by atoms with van der Waals surface area (Å²) in [5.41, 5.74) is 2.84. The van der Waals surface area contributed by atoms with Crippen LogP contribution in [-0.2, 0) is 39.0 Å². The Hall–Kier alpha value is -3.72. The fourth-order valence-electron chi connectivity index (χ4n) is 5.81. The molecule has 44 heavy (non-hydrogen) atoms. The molecule has 0 unspecified atom stereocenters. The normalized spacial score (nSPS) is 14.5. The zero-order chi connectivity index (χ0) is 31.5. The summed E-state index contributed by atoms with van der Waals surface area (Å²) in [6, 6.07) is 22.3. The highest BCUT2D eigenvalue weighted by Crippen LogP contribution is 2.23. The summed E-state index contributed by atoms with van der Waals surface area (Å²) in [6.07, 6.45) is 7.52. The summed E-state index contributed by atoms with van der Waals surface area (Å²) in [5, 5.41) is 3.19. The highest BCUT2D eigenvalue weighted by Gasteiger charge is 2.32. The van der Waals surface area contributed by atoms with Crippen LogP contribution < -0.4 is 9.62 Å². The molecule has 7 nitrogen and oxygen atoms in total. The Kier molecular flexibility index (Phi) is 11.9. The second-order valence-corrected chi connectivity index (χ2v) is 13.5. The second-order valence-electron chi connectivity index (χ2n) is 11.6. The maximum Gasteiger partial charge on any atom is 0.243 e. The molecule has 1 aliphatic carbocycles. The monoisotopic (exact) mass is 621 g/mol. The second kappa shape index (κ2) is 15.8. The molecular weight excluding hydrogens is 577 g/mol. The van der Waals surface area contributed by atoms with Crippen LogP contribution in [0.15, 0.2) is 78.9 Å². The number of hydrogen-bond acceptors (Lipinski definition) is 4. The third kappa shape index (κ3) is 9.39. The van der Waals surface area contributed by atoms with Crippen molar-refractivity contribution in [1.29, 1.82) is 0 Å². The lowest BCUT2D eigenvalue weighted by Crippen LogP contribution is -2.53. The van der Waals surface area contributed by atoms with E-state index in [9.17, 15) is 22.4 Å². The van der Waals surface area contributed by atoms with Crippen molar-refractivity contribution in [2.24, 2.45) is 0 Å². The molecule has 1 N–H and O–H groups in total. The highest BCUT2D eigenvalue weighted by molar-refractivity contribution is 7.92. The Labute approximate surface area is 261 Å². The molecule has 3 aromatic carbocycles. The lowest BCUT2D eigenvalue weighted by atomic mass is 9.94. The van der Waals surface area contributed by atoms with E-state index in [0.29, 0.717) is 11.3 Å². The largest absolute Gasteiger partial charge is 0.352 e. The van der Waals surface area contributed by atoms with Gasteiger partial charge in [-0.15, -0.1) is 0 Å². The number of hydrogen-bond donors (Lipinski definition) is 1. The van der Waals surface area contributed by atoms with Gasteiger partial charge in [-0.05, 0) is 55.0 Å². The molecule has 1 atom stereocenters. The average molecular weight is 622 g/mol. The molecule has 0 spiro atoms. The van der Waals surface area contributed by atoms with Gasteiger partial charge in [-0.3, -0.25) is 13.9 Å². The topological polar surface area (TPSA) is 86.8 Å². The van der Waals surface area contributed by atoms with Crippen molar-refractivity contribution in [3.05, 3.63) is 101 Å². The van der Waals surface area contributed by atoms with Crippen LogP contribution in [-0.4, -0.2) is 50.0 Å². The minimum atomic E-state index is -3.60. The van der Waals surface area contributed by atoms with Crippen LogP contribution in [0.1, 0.15) is 68.6 Å². The van der Waals surface area contributed by atoms with E-state index in [1.54, 1.807) is 30.3 Å². The SMILES string of the molecule is CCc1ccc(N(CCCC(=O)N(Cc2ccccc2F)[C@@H](Cc2ccccc2)C(=O)NC2CCCCC2)S(C)(=O)=O)cc1. The first-order valence-electron chi connectivity index (χ1n) is 15.6. The van der Waals surface area contributed by atoms with Crippen molar-refractivity contribution in [2.45, 2.75) is 83.3 Å². The molecule has 0 bridgehead atoms. The van der Waals surface area contributed by atoms with E-state index < -0.39 is 21.9 Å². The third-order valence-electron chi connectivity index (χ3n) is 8.31. The number of rotatable bonds is 14. The highest BCUT2D eigenvalue weighted by atomic mass is 32.2. The van der Waals surface area contributed by atoms with E-state index in [0.717, 1.165) is 55.9 Å². The van der Waals surface area contributed by atoms with Crippen molar-refractivity contribution < 1.29 is 22.4 Å². The number of benzene rings is 3. The van der Waals surface area contributed by atoms with Gasteiger partial charge in [-0.2, -0.15) is 0 Å². The van der Waals surface area contributed by atoms with Gasteiger partial charge in [0.2, 0.25) is 21.8 Å². The first-order chi connectivity index (χ1) is 21.2. The van der Waals surface area contributed by atoms with Crippen LogP contribution in [0.5, 0.6) is 0 Å². The predicted molar refractivity (Wildman–Crippen MR) is 173 cm³/mol. The number of sulfonamides is 1. The van der Waals surface area contributed by atoms with E-state index in [1.165, 1.54) is 15.3 Å². The van der Waals surface area contributed by atoms with Crippen molar-refractivity contribution in [3.8, 4) is 0 Å². The van der Waals surface area contributed by atoms with Crippen molar-refractivity contribution in [1.82, 2.24) is 10.2 Å². The number of carbonyl (C=O) groups is 2. The molecular formula is C35H44FN3O4S. The van der Waals surface area contributed by atoms with Crippen LogP contribution in [0, 0.1) is 5.82 Å². The Morgan fingerprint density at radius 1 is 0.909 bits per heavy atom. The summed E-state index contributed by atoms with van der Waals surface area (Å²) in [5.74, 6) is -1.03. The fraction of sp³-hybridized carbons (Fsp3) is 0.429. The van der Waals surface area contributed by atoms with Gasteiger partial charge >= 0.3 is 0 Å². The smallest absolute Gasteiger partial charge is 0.243 e. The van der Waals surface area contributed by atoms with E-state index in [4.69, 9.17) is 0 Å². The number of carbonyl (C=O) groups excluding carboxylic acids is 2. The first-order valence-corrected chi connectivity index (χ1v) is 17.4. The molecule has 0 heterocycles. The Morgan fingerprint density at radius 2 is 1.57 bits per heavy atom. The van der Waals surface area contributed by atoms with Crippen molar-refractivity contribution >= 4 is 27.5 Å². The minimum Gasteiger partial charge on any atom is -0.352 e. The van der Waals surface area contributed by atoms with Gasteiger partial charge in [0.15, 0.2) is 0 Å². The predicted octanol–water partition coefficient (Wildman–Crippen LogP) is 6.02. The first kappa shape index (κ1) is 33.2. The van der Waals surface area contributed by atoms with Gasteiger partial charge < -0.3 is 10.2 Å². The standard InChI is InChI=1S/C35H44FN3O4S/c1-3-27-20-22-31(23-21-27)39(44(2,42)43)24-12-19-34(40)38(26-29-15-10-11-18-32(29)36)33(25-28-13-6-4-7-14-28)35(41)37-30-16-8-5-9-17-30/h4,6-7,10-11,13-15,18,20-23,30,33H,3,5,8-9,12,16-17,19,24-26H2,1-2H3,(H,37,41)/t33-/m0/s1. The number of nitrogens with zero attached hydrogens (tertiary/aromatic N) is 2. The Bertz CT molecular complexity index is 1480. The van der Waals surface area contributed by atoms with Crippen LogP contribution in [0.4, 0.5) is 10.1 Å². The van der Waals surface area contributed by atoms with Gasteiger partial charge in [0, 0.05) is 37.5 Å². The molecule has 1 aliphatic rings. The molecule has 0 aliphatic heterocycles. The molecule has 9 heteroatoms. The molecule has 0 saturated heterocycles. The zero-order valence-electron chi connectivity index (χ0n) is 25.8. The van der Waals surface area contributed by atoms with Crippen LogP contribution >= 0.6 is 0 Å². The molecule has 1 fully saturated rings. The fourth-order valence-corrected chi connectivity index (χ4v) is 6.78. The van der Waals surface area contributed by atoms with Crippen LogP contribution in [0.3, 0.4) is 0 Å². The summed E-state index contributed by atoms with van der Waals surface area (Å²) >= 11 is 0. The molecule has 2 amide bonds. The molecule has 1 saturated carbocycles. The van der Waals surface area contributed by atoms with E-state index in [1.807, 2.05) is 49.4 Å². The van der Waals surface area contributed by atoms with Gasteiger partial charge in [-0.1, -0.05) is 86.8 Å². The number of aryl methyl sites for hydroxylation is 1. The summed E-state index contributed by atoms with van der Waals surface area (Å²) in [7, 11) is -3.60. The van der Waals surface area contributed by atoms with Crippen LogP contribution in [0.2, 0.25) is 0 Å². The van der Waals surface area contributed by atoms with E-state index in [-0.39, 0.29) is 50.2 Å².